The zero-order chi connectivity index (χ0) is 79.5. The van der Waals surface area contributed by atoms with E-state index in [-0.39, 0.29) is 87.6 Å². The second-order valence-corrected chi connectivity index (χ2v) is 29.7. The average molecular weight is 1590 g/mol. The topological polar surface area (TPSA) is 343 Å². The summed E-state index contributed by atoms with van der Waals surface area (Å²) in [6.07, 6.45) is 7.39. The van der Waals surface area contributed by atoms with Gasteiger partial charge in [0, 0.05) is 139 Å². The molecule has 577 valence electrons. The van der Waals surface area contributed by atoms with Crippen molar-refractivity contribution in [3.8, 4) is 46.2 Å². The number of nitriles is 2. The van der Waals surface area contributed by atoms with Crippen LogP contribution in [-0.4, -0.2) is 197 Å². The number of aromatic nitrogens is 12. The number of rotatable bonds is 13. The van der Waals surface area contributed by atoms with Crippen molar-refractivity contribution in [3.63, 3.8) is 0 Å². The molecule has 2 aromatic carbocycles. The van der Waals surface area contributed by atoms with Crippen LogP contribution >= 0.6 is 10.7 Å². The molecule has 3 aliphatic heterocycles. The molecule has 109 heavy (non-hydrogen) atoms. The van der Waals surface area contributed by atoms with Crippen molar-refractivity contribution in [2.24, 2.45) is 37.8 Å². The molecule has 0 amide bonds. The molecule has 10 aromatic rings. The number of hydrogen-bond acceptors (Lipinski definition) is 24. The molecule has 8 aromatic heterocycles. The number of aromatic hydroxyl groups is 1. The number of alkyl halides is 6. The first-order chi connectivity index (χ1) is 51.9. The molecule has 0 spiro atoms. The summed E-state index contributed by atoms with van der Waals surface area (Å²) in [5.74, 6) is 2.70. The van der Waals surface area contributed by atoms with Gasteiger partial charge in [-0.2, -0.15) is 49.7 Å². The summed E-state index contributed by atoms with van der Waals surface area (Å²) >= 11 is 0. The van der Waals surface area contributed by atoms with Crippen molar-refractivity contribution in [1.29, 1.82) is 11.9 Å². The summed E-state index contributed by atoms with van der Waals surface area (Å²) in [5, 5.41) is 60.8. The minimum absolute atomic E-state index is 0. The fourth-order valence-corrected chi connectivity index (χ4v) is 12.0. The van der Waals surface area contributed by atoms with Crippen LogP contribution in [0, 0.1) is 52.3 Å². The van der Waals surface area contributed by atoms with Gasteiger partial charge in [0.2, 0.25) is 15.0 Å². The van der Waals surface area contributed by atoms with E-state index >= 15 is 0 Å². The van der Waals surface area contributed by atoms with E-state index in [0.29, 0.717) is 48.1 Å². The van der Waals surface area contributed by atoms with Crippen LogP contribution in [0.4, 0.5) is 48.2 Å². The van der Waals surface area contributed by atoms with E-state index in [2.05, 4.69) is 84.3 Å². The highest BCUT2D eigenvalue weighted by Crippen LogP contribution is 2.41. The Labute approximate surface area is 643 Å². The summed E-state index contributed by atoms with van der Waals surface area (Å²) in [7, 11) is 4.96. The largest absolute Gasteiger partial charge is 0.507 e. The van der Waals surface area contributed by atoms with Crippen LogP contribution in [-0.2, 0) is 49.8 Å². The number of hydrogen-bond donors (Lipinski definition) is 3. The molecule has 3 saturated heterocycles. The second-order valence-electron chi connectivity index (χ2n) is 25.1. The van der Waals surface area contributed by atoms with Crippen molar-refractivity contribution in [1.82, 2.24) is 59.9 Å². The predicted octanol–water partition coefficient (Wildman–Crippen LogP) is 9.64. The third-order valence-electron chi connectivity index (χ3n) is 17.0. The molecule has 26 nitrogen and oxygen atoms in total. The number of ether oxygens (including phenoxy) is 1. The lowest BCUT2D eigenvalue weighted by Crippen LogP contribution is -2.23. The highest BCUT2D eigenvalue weighted by Gasteiger charge is 2.37. The van der Waals surface area contributed by atoms with Gasteiger partial charge in [-0.25, -0.2) is 47.7 Å². The van der Waals surface area contributed by atoms with Crippen molar-refractivity contribution >= 4 is 95.1 Å². The number of anilines is 3. The predicted molar refractivity (Wildman–Crippen MR) is 401 cm³/mol. The Kier molecular flexibility index (Phi) is 32.7. The molecule has 1 saturated carbocycles. The third-order valence-corrected chi connectivity index (χ3v) is 17.5. The lowest BCUT2D eigenvalue weighted by molar-refractivity contribution is -0.139. The summed E-state index contributed by atoms with van der Waals surface area (Å²) in [6, 6.07) is 35.6. The van der Waals surface area contributed by atoms with Gasteiger partial charge in [-0.3, -0.25) is 4.18 Å². The molecular weight excluding hydrogens is 1510 g/mol. The Hall–Kier alpha value is -9.70. The Bertz CT molecular complexity index is 4850. The van der Waals surface area contributed by atoms with Crippen LogP contribution in [0.15, 0.2) is 146 Å². The molecule has 14 rings (SSSR count). The highest BCUT2D eigenvalue weighted by atomic mass is 35.7. The molecule has 3 radical (unpaired) electrons. The quantitative estimate of drug-likeness (QED) is 0.0318. The molecule has 11 heterocycles. The lowest BCUT2D eigenvalue weighted by Gasteiger charge is -2.19. The van der Waals surface area contributed by atoms with Crippen molar-refractivity contribution in [2.75, 3.05) is 92.9 Å². The van der Waals surface area contributed by atoms with Gasteiger partial charge >= 0.3 is 12.4 Å². The highest BCUT2D eigenvalue weighted by molar-refractivity contribution is 8.13. The smallest absolute Gasteiger partial charge is 0.419 e. The maximum Gasteiger partial charge on any atom is 0.419 e. The van der Waals surface area contributed by atoms with E-state index in [4.69, 9.17) is 25.7 Å². The first-order valence-electron chi connectivity index (χ1n) is 34.0. The minimum atomic E-state index is -4.70. The number of phenolic OH excluding ortho intramolecular Hbond substituents is 1. The number of phenols is 1. The van der Waals surface area contributed by atoms with Crippen molar-refractivity contribution in [2.45, 2.75) is 57.3 Å². The number of aryl methyl sites for hydroxylation is 2. The summed E-state index contributed by atoms with van der Waals surface area (Å²) in [6.45, 7) is 6.22. The van der Waals surface area contributed by atoms with Gasteiger partial charge < -0.3 is 34.8 Å². The number of aliphatic hydroxyl groups excluding tert-OH is 2. The SMILES string of the molecule is CS(=O)(=O)Cl.CS(=O)(=O)OC[C@H]1CCN(c2ccccn2)C1.Cn1nnc2c(C#N)nc(-c3ccc(O)c(C(F)(F)F)c3)cc21.Cn1nnc2c(C#N)nc(-c3ccc(OC[C@H]4CCN(c5ccccn5)C4)c(C(F)(F)F)c3)cc21.Fc1ccccn1.OCC1CCCC1.OC[C@H]1CCN(c2ccccn2)C1.[3H][B].[AlH2]. The van der Waals surface area contributed by atoms with Gasteiger partial charge in [0.15, 0.2) is 11.4 Å². The minimum Gasteiger partial charge on any atom is -0.507 e. The Morgan fingerprint density at radius 1 is 0.578 bits per heavy atom. The van der Waals surface area contributed by atoms with Crippen molar-refractivity contribution < 1.29 is 71.8 Å². The first-order valence-corrected chi connectivity index (χ1v) is 37.9. The molecule has 3 atom stereocenters. The molecular formula is C71H80AlBClF7N17O9S2. The van der Waals surface area contributed by atoms with E-state index in [1.165, 1.54) is 71.6 Å². The molecule has 4 fully saturated rings. The van der Waals surface area contributed by atoms with Crippen molar-refractivity contribution in [3.05, 3.63) is 175 Å². The van der Waals surface area contributed by atoms with Gasteiger partial charge in [-0.1, -0.05) is 47.5 Å². The number of benzene rings is 2. The number of nitrogens with zero attached hydrogens (tertiary/aromatic N) is 17. The fourth-order valence-electron chi connectivity index (χ4n) is 11.6. The number of halogens is 8. The molecule has 4 aliphatic rings. The van der Waals surface area contributed by atoms with Gasteiger partial charge in [-0.05, 0) is 136 Å². The first kappa shape index (κ1) is 86.5. The van der Waals surface area contributed by atoms with E-state index in [0.717, 1.165) is 100 Å². The number of fused-ring (bicyclic) bond motifs is 2. The molecule has 1 aliphatic carbocycles. The van der Waals surface area contributed by atoms with Crippen LogP contribution in [0.5, 0.6) is 11.5 Å². The van der Waals surface area contributed by atoms with Crippen LogP contribution < -0.4 is 19.4 Å². The number of pyridine rings is 6. The van der Waals surface area contributed by atoms with E-state index in [1.807, 2.05) is 72.9 Å². The lowest BCUT2D eigenvalue weighted by atomic mass is 10.0. The van der Waals surface area contributed by atoms with E-state index in [9.17, 15) is 57.9 Å². The van der Waals surface area contributed by atoms with Crippen LogP contribution in [0.3, 0.4) is 0 Å². The maximum absolute atomic E-state index is 13.9. The van der Waals surface area contributed by atoms with Gasteiger partial charge in [-0.15, -0.1) is 10.2 Å². The Morgan fingerprint density at radius 2 is 0.982 bits per heavy atom. The maximum atomic E-state index is 13.9. The van der Waals surface area contributed by atoms with Gasteiger partial charge in [0.05, 0.1) is 59.3 Å². The molecule has 3 N–H and O–H groups in total. The molecule has 0 unspecified atom stereocenters. The molecule has 0 bridgehead atoms. The molecule has 38 heteroatoms. The van der Waals surface area contributed by atoms with E-state index in [1.54, 1.807) is 44.7 Å². The standard InChI is InChI=1S/C24H20F3N7O.C14H8F3N5O.C11H16N2O3S.C10H14N2O.C6H12O.C5H4FN.CH3ClO2S.Al.BH.2H/c1-33-20-11-18(30-19(12-28)23(20)31-32-33)16-5-6-21(17(10-16)24(25,26)27)35-14-15-7-9-34(13-15)22-4-2-3-8-29-22;1-22-11-5-9(19-10(6-18)13(11)20-21-22)7-2-3-12(23)8(4-7)14(15,16)17;1-17(14,15)16-9-10-5-7-13(8-10)11-4-2-3-6-12-11;13-8-9-4-6-12(7-9)10-3-1-2-5-11-10;7-5-6-3-1-2-4-6;6-5-3-1-2-4-7-5;1-5(2,3)4;;;;/h2-6,8,10-11,15H,7,9,13-14H2,1H3;2-5,23H,1H3;2-4,6,10H,5,7-9H2,1H3;1-3,5,9,13H,4,6-8H2;6-7H,1-5H2;1-4H;1H3;;1H;;/t15-;;10-;9-;;;;;;;/m0.00......./s1/i;;;;;;;;1T;;. The Balaban J connectivity index is 0.000000218. The van der Waals surface area contributed by atoms with Gasteiger partial charge in [0.25, 0.3) is 10.1 Å². The average Bonchev–Trinajstić information content (AvgIpc) is 1.41. The summed E-state index contributed by atoms with van der Waals surface area (Å²) in [5.41, 5.74) is 0.151. The summed E-state index contributed by atoms with van der Waals surface area (Å²) in [4.78, 5) is 30.9. The van der Waals surface area contributed by atoms with Gasteiger partial charge in [0.1, 0.15) is 69.5 Å². The summed E-state index contributed by atoms with van der Waals surface area (Å²) < 4.78 is 152. The van der Waals surface area contributed by atoms with Crippen LogP contribution in [0.2, 0.25) is 0 Å². The monoisotopic (exact) mass is 1590 g/mol. The fraction of sp³-hybridized carbons (Fsp3) is 0.380. The Morgan fingerprint density at radius 3 is 1.34 bits per heavy atom. The zero-order valence-electron chi connectivity index (χ0n) is 61.0. The number of aliphatic hydroxyl groups is 2. The zero-order valence-corrected chi connectivity index (χ0v) is 64.4. The van der Waals surface area contributed by atoms with E-state index < -0.39 is 54.3 Å². The van der Waals surface area contributed by atoms with Crippen LogP contribution in [0.25, 0.3) is 44.6 Å². The normalized spacial score (nSPS) is 16.1. The third kappa shape index (κ3) is 27.1. The second kappa shape index (κ2) is 41.2. The van der Waals surface area contributed by atoms with Crippen LogP contribution in [0.1, 0.15) is 67.5 Å².